The zero-order valence-electron chi connectivity index (χ0n) is 10.1. The van der Waals surface area contributed by atoms with Gasteiger partial charge >= 0.3 is 5.97 Å². The zero-order chi connectivity index (χ0) is 12.8. The van der Waals surface area contributed by atoms with Crippen molar-refractivity contribution in [2.75, 3.05) is 6.54 Å². The van der Waals surface area contributed by atoms with Crippen LogP contribution in [0.15, 0.2) is 12.2 Å². The molecule has 5 heteroatoms. The van der Waals surface area contributed by atoms with Crippen LogP contribution in [0, 0.1) is 11.8 Å². The standard InChI is InChI=1S/C12H20N2O3/c1-2-8(5-11(15)16)7-14-12(17)9-3-4-10(13)6-9/h3-4,8-10H,2,5-7,13H2,1H3,(H,14,17)(H,15,16). The van der Waals surface area contributed by atoms with Gasteiger partial charge in [-0.3, -0.25) is 9.59 Å². The third-order valence-electron chi connectivity index (χ3n) is 3.06. The Morgan fingerprint density at radius 2 is 2.24 bits per heavy atom. The van der Waals surface area contributed by atoms with Crippen LogP contribution >= 0.6 is 0 Å². The normalized spacial score (nSPS) is 24.6. The van der Waals surface area contributed by atoms with Gasteiger partial charge in [0.1, 0.15) is 0 Å². The predicted octanol–water partition coefficient (Wildman–Crippen LogP) is 0.507. The molecule has 0 saturated heterocycles. The first kappa shape index (κ1) is 13.7. The Labute approximate surface area is 101 Å². The van der Waals surface area contributed by atoms with E-state index in [4.69, 9.17) is 10.8 Å². The Bertz CT molecular complexity index is 315. The Morgan fingerprint density at radius 3 is 2.71 bits per heavy atom. The average Bonchev–Trinajstić information content (AvgIpc) is 2.70. The van der Waals surface area contributed by atoms with Crippen molar-refractivity contribution in [3.63, 3.8) is 0 Å². The molecule has 1 aliphatic carbocycles. The summed E-state index contributed by atoms with van der Waals surface area (Å²) < 4.78 is 0. The van der Waals surface area contributed by atoms with Crippen LogP contribution in [0.25, 0.3) is 0 Å². The zero-order valence-corrected chi connectivity index (χ0v) is 10.1. The maximum absolute atomic E-state index is 11.7. The first-order valence-corrected chi connectivity index (χ1v) is 5.96. The van der Waals surface area contributed by atoms with E-state index >= 15 is 0 Å². The van der Waals surface area contributed by atoms with Gasteiger partial charge in [0, 0.05) is 19.0 Å². The number of nitrogens with one attached hydrogen (secondary N) is 1. The first-order chi connectivity index (χ1) is 8.02. The number of nitrogens with two attached hydrogens (primary N) is 1. The van der Waals surface area contributed by atoms with Gasteiger partial charge in [0.15, 0.2) is 0 Å². The second-order valence-electron chi connectivity index (χ2n) is 4.51. The number of carboxylic acids is 1. The molecule has 5 nitrogen and oxygen atoms in total. The number of hydrogen-bond donors (Lipinski definition) is 3. The predicted molar refractivity (Wildman–Crippen MR) is 64.3 cm³/mol. The summed E-state index contributed by atoms with van der Waals surface area (Å²) in [7, 11) is 0. The molecular weight excluding hydrogens is 220 g/mol. The molecule has 0 aromatic carbocycles. The SMILES string of the molecule is CCC(CNC(=O)C1C=CC(N)C1)CC(=O)O. The van der Waals surface area contributed by atoms with Crippen molar-refractivity contribution < 1.29 is 14.7 Å². The highest BCUT2D eigenvalue weighted by Crippen LogP contribution is 2.16. The maximum Gasteiger partial charge on any atom is 0.303 e. The smallest absolute Gasteiger partial charge is 0.303 e. The lowest BCUT2D eigenvalue weighted by atomic mass is 10.0. The minimum absolute atomic E-state index is 0.00416. The fourth-order valence-corrected chi connectivity index (χ4v) is 1.91. The summed E-state index contributed by atoms with van der Waals surface area (Å²) in [6.45, 7) is 2.34. The Morgan fingerprint density at radius 1 is 1.53 bits per heavy atom. The maximum atomic E-state index is 11.7. The molecular formula is C12H20N2O3. The molecule has 0 bridgehead atoms. The quantitative estimate of drug-likeness (QED) is 0.590. The second-order valence-corrected chi connectivity index (χ2v) is 4.51. The number of carbonyl (C=O) groups is 2. The molecule has 0 fully saturated rings. The highest BCUT2D eigenvalue weighted by molar-refractivity contribution is 5.81. The Balaban J connectivity index is 2.31. The van der Waals surface area contributed by atoms with Gasteiger partial charge in [0.05, 0.1) is 5.92 Å². The molecule has 3 atom stereocenters. The topological polar surface area (TPSA) is 92.4 Å². The van der Waals surface area contributed by atoms with Crippen LogP contribution in [0.3, 0.4) is 0 Å². The van der Waals surface area contributed by atoms with Crippen LogP contribution in [0.5, 0.6) is 0 Å². The van der Waals surface area contributed by atoms with Gasteiger partial charge < -0.3 is 16.2 Å². The van der Waals surface area contributed by atoms with Crippen molar-refractivity contribution in [1.29, 1.82) is 0 Å². The third kappa shape index (κ3) is 4.56. The summed E-state index contributed by atoms with van der Waals surface area (Å²) in [5, 5.41) is 11.5. The van der Waals surface area contributed by atoms with Crippen LogP contribution in [-0.4, -0.2) is 29.6 Å². The molecule has 3 unspecified atom stereocenters. The Kier molecular flexibility index (Phi) is 5.15. The minimum Gasteiger partial charge on any atom is -0.481 e. The van der Waals surface area contributed by atoms with Crippen LogP contribution in [0.1, 0.15) is 26.2 Å². The van der Waals surface area contributed by atoms with E-state index in [1.807, 2.05) is 19.1 Å². The number of hydrogen-bond acceptors (Lipinski definition) is 3. The number of aliphatic carboxylic acids is 1. The van der Waals surface area contributed by atoms with Crippen LogP contribution in [0.2, 0.25) is 0 Å². The van der Waals surface area contributed by atoms with Gasteiger partial charge in [0.25, 0.3) is 0 Å². The van der Waals surface area contributed by atoms with Crippen LogP contribution in [-0.2, 0) is 9.59 Å². The largest absolute Gasteiger partial charge is 0.481 e. The summed E-state index contributed by atoms with van der Waals surface area (Å²) in [5.74, 6) is -1.05. The summed E-state index contributed by atoms with van der Waals surface area (Å²) in [5.41, 5.74) is 5.67. The summed E-state index contributed by atoms with van der Waals surface area (Å²) >= 11 is 0. The van der Waals surface area contributed by atoms with Crippen molar-refractivity contribution in [2.45, 2.75) is 32.2 Å². The molecule has 1 aliphatic rings. The second kappa shape index (κ2) is 6.39. The monoisotopic (exact) mass is 240 g/mol. The molecule has 0 aliphatic heterocycles. The molecule has 4 N–H and O–H groups in total. The summed E-state index contributed by atoms with van der Waals surface area (Å²) in [6, 6.07) is -0.0354. The van der Waals surface area contributed by atoms with Crippen molar-refractivity contribution in [3.05, 3.63) is 12.2 Å². The van der Waals surface area contributed by atoms with E-state index in [-0.39, 0.29) is 30.2 Å². The van der Waals surface area contributed by atoms with Gasteiger partial charge in [-0.1, -0.05) is 25.5 Å². The number of carbonyl (C=O) groups excluding carboxylic acids is 1. The molecule has 0 heterocycles. The lowest BCUT2D eigenvalue weighted by Crippen LogP contribution is -2.34. The van der Waals surface area contributed by atoms with Gasteiger partial charge in [-0.05, 0) is 12.3 Å². The average molecular weight is 240 g/mol. The van der Waals surface area contributed by atoms with E-state index in [2.05, 4.69) is 5.32 Å². The lowest BCUT2D eigenvalue weighted by Gasteiger charge is -2.15. The van der Waals surface area contributed by atoms with Crippen molar-refractivity contribution in [1.82, 2.24) is 5.32 Å². The fourth-order valence-electron chi connectivity index (χ4n) is 1.91. The molecule has 0 aromatic rings. The molecule has 0 aromatic heterocycles. The van der Waals surface area contributed by atoms with Gasteiger partial charge in [-0.25, -0.2) is 0 Å². The van der Waals surface area contributed by atoms with E-state index < -0.39 is 5.97 Å². The van der Waals surface area contributed by atoms with E-state index in [0.29, 0.717) is 13.0 Å². The molecule has 0 spiro atoms. The first-order valence-electron chi connectivity index (χ1n) is 5.96. The highest BCUT2D eigenvalue weighted by Gasteiger charge is 2.23. The minimum atomic E-state index is -0.825. The van der Waals surface area contributed by atoms with E-state index in [0.717, 1.165) is 6.42 Å². The third-order valence-corrected chi connectivity index (χ3v) is 3.06. The van der Waals surface area contributed by atoms with E-state index in [1.54, 1.807) is 0 Å². The lowest BCUT2D eigenvalue weighted by molar-refractivity contribution is -0.138. The van der Waals surface area contributed by atoms with E-state index in [9.17, 15) is 9.59 Å². The molecule has 0 radical (unpaired) electrons. The summed E-state index contributed by atoms with van der Waals surface area (Å²) in [4.78, 5) is 22.3. The molecule has 17 heavy (non-hydrogen) atoms. The van der Waals surface area contributed by atoms with Crippen LogP contribution < -0.4 is 11.1 Å². The van der Waals surface area contributed by atoms with Gasteiger partial charge in [-0.15, -0.1) is 0 Å². The molecule has 0 saturated carbocycles. The van der Waals surface area contributed by atoms with Crippen molar-refractivity contribution in [3.8, 4) is 0 Å². The molecule has 1 amide bonds. The van der Waals surface area contributed by atoms with Gasteiger partial charge in [-0.2, -0.15) is 0 Å². The molecule has 96 valence electrons. The number of rotatable bonds is 6. The fraction of sp³-hybridized carbons (Fsp3) is 0.667. The van der Waals surface area contributed by atoms with Crippen LogP contribution in [0.4, 0.5) is 0 Å². The highest BCUT2D eigenvalue weighted by atomic mass is 16.4. The van der Waals surface area contributed by atoms with Crippen molar-refractivity contribution >= 4 is 11.9 Å². The summed E-state index contributed by atoms with van der Waals surface area (Å²) in [6.07, 6.45) is 5.13. The molecule has 1 rings (SSSR count). The number of carboxylic acid groups (broad SMARTS) is 1. The van der Waals surface area contributed by atoms with E-state index in [1.165, 1.54) is 0 Å². The van der Waals surface area contributed by atoms with Gasteiger partial charge in [0.2, 0.25) is 5.91 Å². The Hall–Kier alpha value is -1.36. The van der Waals surface area contributed by atoms with Crippen molar-refractivity contribution in [2.24, 2.45) is 17.6 Å². The number of amides is 1.